The molecule has 0 fully saturated rings. The molecule has 0 aliphatic heterocycles. The van der Waals surface area contributed by atoms with E-state index in [9.17, 15) is 9.59 Å². The van der Waals surface area contributed by atoms with Crippen molar-refractivity contribution >= 4 is 49.2 Å². The van der Waals surface area contributed by atoms with Gasteiger partial charge in [-0.05, 0) is 41.1 Å². The molecular weight excluding hydrogens is 440 g/mol. The molecule has 3 aromatic carbocycles. The van der Waals surface area contributed by atoms with E-state index in [1.165, 1.54) is 11.3 Å². The van der Waals surface area contributed by atoms with Gasteiger partial charge in [0.1, 0.15) is 16.9 Å². The number of nitrogens with zero attached hydrogens (tertiary/aromatic N) is 2. The first kappa shape index (κ1) is 21.1. The molecule has 5 rings (SSSR count). The van der Waals surface area contributed by atoms with Gasteiger partial charge in [0, 0.05) is 19.0 Å². The Bertz CT molecular complexity index is 1640. The van der Waals surface area contributed by atoms with Crippen molar-refractivity contribution in [2.75, 3.05) is 20.8 Å². The molecule has 5 aromatic rings. The van der Waals surface area contributed by atoms with E-state index in [0.717, 1.165) is 21.0 Å². The van der Waals surface area contributed by atoms with Crippen LogP contribution >= 0.6 is 11.3 Å². The third-order valence-electron chi connectivity index (χ3n) is 5.48. The largest absolute Gasteiger partial charge is 0.497 e. The molecule has 0 spiro atoms. The summed E-state index contributed by atoms with van der Waals surface area (Å²) in [4.78, 5) is 30.6. The maximum absolute atomic E-state index is 13.2. The zero-order valence-corrected chi connectivity index (χ0v) is 18.8. The molecule has 0 atom stereocenters. The van der Waals surface area contributed by atoms with Gasteiger partial charge in [-0.3, -0.25) is 4.79 Å². The van der Waals surface area contributed by atoms with Gasteiger partial charge in [-0.25, -0.2) is 4.79 Å². The fourth-order valence-electron chi connectivity index (χ4n) is 3.83. The van der Waals surface area contributed by atoms with E-state index in [2.05, 4.69) is 4.99 Å². The Hall–Kier alpha value is -3.75. The number of hydrogen-bond donors (Lipinski definition) is 0. The Morgan fingerprint density at radius 1 is 1.06 bits per heavy atom. The van der Waals surface area contributed by atoms with Gasteiger partial charge >= 0.3 is 5.63 Å². The van der Waals surface area contributed by atoms with Crippen molar-refractivity contribution in [1.82, 2.24) is 4.57 Å². The number of rotatable bonds is 5. The number of fused-ring (bicyclic) bond motifs is 4. The van der Waals surface area contributed by atoms with E-state index in [4.69, 9.17) is 13.9 Å². The van der Waals surface area contributed by atoms with Crippen LogP contribution < -0.4 is 15.2 Å². The molecule has 166 valence electrons. The number of benzene rings is 3. The molecule has 0 saturated heterocycles. The van der Waals surface area contributed by atoms with Gasteiger partial charge in [-0.1, -0.05) is 41.7 Å². The normalized spacial score (nSPS) is 12.1. The molecule has 8 heteroatoms. The average molecular weight is 461 g/mol. The highest BCUT2D eigenvalue weighted by molar-refractivity contribution is 7.16. The minimum atomic E-state index is -0.710. The summed E-state index contributed by atoms with van der Waals surface area (Å²) >= 11 is 1.35. The first-order chi connectivity index (χ1) is 16.1. The number of amides is 1. The minimum absolute atomic E-state index is 0.104. The van der Waals surface area contributed by atoms with Gasteiger partial charge in [-0.15, -0.1) is 0 Å². The molecule has 7 nitrogen and oxygen atoms in total. The summed E-state index contributed by atoms with van der Waals surface area (Å²) in [6.07, 6.45) is 0. The van der Waals surface area contributed by atoms with Crippen molar-refractivity contribution in [3.05, 3.63) is 81.4 Å². The molecule has 0 bridgehead atoms. The van der Waals surface area contributed by atoms with Gasteiger partial charge in [0.05, 0.1) is 23.9 Å². The topological polar surface area (TPSA) is 83.0 Å². The molecule has 0 N–H and O–H groups in total. The van der Waals surface area contributed by atoms with Crippen LogP contribution in [0.1, 0.15) is 10.4 Å². The quantitative estimate of drug-likeness (QED) is 0.288. The predicted octanol–water partition coefficient (Wildman–Crippen LogP) is 4.36. The maximum Gasteiger partial charge on any atom is 0.349 e. The summed E-state index contributed by atoms with van der Waals surface area (Å²) in [5.74, 6) is 0.0610. The molecule has 0 aliphatic carbocycles. The van der Waals surface area contributed by atoms with Crippen LogP contribution in [0.5, 0.6) is 5.75 Å². The third-order valence-corrected chi connectivity index (χ3v) is 6.52. The van der Waals surface area contributed by atoms with Crippen LogP contribution in [0.4, 0.5) is 0 Å². The molecule has 1 amide bonds. The van der Waals surface area contributed by atoms with Crippen molar-refractivity contribution in [2.45, 2.75) is 6.54 Å². The van der Waals surface area contributed by atoms with Gasteiger partial charge in [-0.2, -0.15) is 4.99 Å². The van der Waals surface area contributed by atoms with Gasteiger partial charge in [0.2, 0.25) is 0 Å². The van der Waals surface area contributed by atoms with Crippen molar-refractivity contribution in [3.8, 4) is 5.75 Å². The number of carbonyl (C=O) groups excluding carboxylic acids is 1. The molecule has 0 aliphatic rings. The summed E-state index contributed by atoms with van der Waals surface area (Å²) in [6, 6.07) is 18.6. The number of ether oxygens (including phenoxy) is 2. The van der Waals surface area contributed by atoms with Gasteiger partial charge < -0.3 is 18.5 Å². The summed E-state index contributed by atoms with van der Waals surface area (Å²) in [5.41, 5.74) is 0.519. The lowest BCUT2D eigenvalue weighted by Crippen LogP contribution is -2.21. The lowest BCUT2D eigenvalue weighted by molar-refractivity contribution is 0.0994. The van der Waals surface area contributed by atoms with Crippen LogP contribution in [0, 0.1) is 0 Å². The Morgan fingerprint density at radius 2 is 1.91 bits per heavy atom. The van der Waals surface area contributed by atoms with Crippen LogP contribution in [0.25, 0.3) is 32.0 Å². The molecule has 2 aromatic heterocycles. The zero-order valence-electron chi connectivity index (χ0n) is 18.0. The third kappa shape index (κ3) is 3.83. The van der Waals surface area contributed by atoms with E-state index in [-0.39, 0.29) is 5.56 Å². The van der Waals surface area contributed by atoms with Crippen LogP contribution in [0.15, 0.2) is 74.9 Å². The number of carbonyl (C=O) groups is 1. The highest BCUT2D eigenvalue weighted by Gasteiger charge is 2.16. The van der Waals surface area contributed by atoms with E-state index in [1.807, 2.05) is 53.1 Å². The fraction of sp³-hybridized carbons (Fsp3) is 0.160. The summed E-state index contributed by atoms with van der Waals surface area (Å²) in [7, 11) is 3.22. The average Bonchev–Trinajstić information content (AvgIpc) is 3.17. The molecule has 0 unspecified atom stereocenters. The van der Waals surface area contributed by atoms with Crippen molar-refractivity contribution < 1.29 is 18.7 Å². The van der Waals surface area contributed by atoms with Gasteiger partial charge in [0.25, 0.3) is 5.91 Å². The molecule has 0 radical (unpaired) electrons. The highest BCUT2D eigenvalue weighted by Crippen LogP contribution is 2.26. The molecular formula is C25H20N2O5S. The Balaban J connectivity index is 1.68. The Morgan fingerprint density at radius 3 is 2.73 bits per heavy atom. The SMILES string of the molecule is COCCn1c(=NC(=O)c2cc3c(ccc4ccccc43)oc2=O)sc2cc(OC)ccc21. The van der Waals surface area contributed by atoms with Crippen molar-refractivity contribution in [1.29, 1.82) is 0 Å². The highest BCUT2D eigenvalue weighted by atomic mass is 32.1. The summed E-state index contributed by atoms with van der Waals surface area (Å²) < 4.78 is 18.8. The van der Waals surface area contributed by atoms with E-state index >= 15 is 0 Å². The van der Waals surface area contributed by atoms with Crippen molar-refractivity contribution in [2.24, 2.45) is 4.99 Å². The molecule has 2 heterocycles. The lowest BCUT2D eigenvalue weighted by Gasteiger charge is -2.05. The summed E-state index contributed by atoms with van der Waals surface area (Å²) in [6.45, 7) is 0.954. The second kappa shape index (κ2) is 8.65. The monoisotopic (exact) mass is 460 g/mol. The van der Waals surface area contributed by atoms with Crippen LogP contribution in [0.2, 0.25) is 0 Å². The van der Waals surface area contributed by atoms with Crippen LogP contribution in [-0.2, 0) is 11.3 Å². The summed E-state index contributed by atoms with van der Waals surface area (Å²) in [5, 5.41) is 2.58. The second-order valence-electron chi connectivity index (χ2n) is 7.43. The van der Waals surface area contributed by atoms with Gasteiger partial charge in [0.15, 0.2) is 4.80 Å². The number of thiazole rings is 1. The second-order valence-corrected chi connectivity index (χ2v) is 8.43. The van der Waals surface area contributed by atoms with E-state index < -0.39 is 11.5 Å². The van der Waals surface area contributed by atoms with E-state index in [0.29, 0.717) is 34.7 Å². The number of hydrogen-bond acceptors (Lipinski definition) is 6. The minimum Gasteiger partial charge on any atom is -0.497 e. The van der Waals surface area contributed by atoms with Crippen LogP contribution in [0.3, 0.4) is 0 Å². The Labute approximate surface area is 192 Å². The molecule has 33 heavy (non-hydrogen) atoms. The first-order valence-electron chi connectivity index (χ1n) is 10.3. The maximum atomic E-state index is 13.2. The predicted molar refractivity (Wildman–Crippen MR) is 128 cm³/mol. The Kier molecular flexibility index (Phi) is 5.53. The first-order valence-corrected chi connectivity index (χ1v) is 11.1. The smallest absolute Gasteiger partial charge is 0.349 e. The zero-order chi connectivity index (χ0) is 22.9. The van der Waals surface area contributed by atoms with Crippen LogP contribution in [-0.4, -0.2) is 31.3 Å². The van der Waals surface area contributed by atoms with E-state index in [1.54, 1.807) is 26.4 Å². The molecule has 0 saturated carbocycles. The fourth-order valence-corrected chi connectivity index (χ4v) is 4.92. The lowest BCUT2D eigenvalue weighted by atomic mass is 10.0. The standard InChI is InChI=1S/C25H20N2O5S/c1-30-12-11-27-20-9-8-16(31-2)13-22(20)33-25(27)26-23(28)19-14-18-17-6-4-3-5-15(17)7-10-21(18)32-24(19)29/h3-10,13-14H,11-12H2,1-2H3. The van der Waals surface area contributed by atoms with Crippen molar-refractivity contribution in [3.63, 3.8) is 0 Å². The number of aromatic nitrogens is 1. The number of methoxy groups -OCH3 is 2.